The van der Waals surface area contributed by atoms with Crippen LogP contribution >= 0.6 is 0 Å². The molecule has 0 aliphatic heterocycles. The highest BCUT2D eigenvalue weighted by atomic mass is 32.2. The molecular weight excluding hydrogens is 517 g/mol. The number of ether oxygens (including phenoxy) is 1. The van der Waals surface area contributed by atoms with Crippen molar-refractivity contribution in [1.29, 1.82) is 0 Å². The highest BCUT2D eigenvalue weighted by Gasteiger charge is 2.33. The molecule has 3 rings (SSSR count). The number of halogens is 3. The largest absolute Gasteiger partial charge is 0.497 e. The van der Waals surface area contributed by atoms with Gasteiger partial charge in [-0.05, 0) is 67.3 Å². The summed E-state index contributed by atoms with van der Waals surface area (Å²) in [5.74, 6) is 0.182. The summed E-state index contributed by atoms with van der Waals surface area (Å²) in [5.41, 5.74) is 0.319. The Morgan fingerprint density at radius 1 is 1.00 bits per heavy atom. The van der Waals surface area contributed by atoms with Crippen LogP contribution in [0.3, 0.4) is 0 Å². The van der Waals surface area contributed by atoms with E-state index >= 15 is 0 Å². The zero-order valence-corrected chi connectivity index (χ0v) is 22.4. The summed E-state index contributed by atoms with van der Waals surface area (Å²) in [4.78, 5) is 13.1. The summed E-state index contributed by atoms with van der Waals surface area (Å²) < 4.78 is 73.4. The maximum atomic E-state index is 13.6. The molecule has 0 aliphatic rings. The highest BCUT2D eigenvalue weighted by Crippen LogP contribution is 2.33. The molecule has 38 heavy (non-hydrogen) atoms. The molecule has 0 aliphatic carbocycles. The molecule has 1 atom stereocenters. The number of carbonyl (C=O) groups excluding carboxylic acids is 1. The molecule has 0 radical (unpaired) electrons. The van der Waals surface area contributed by atoms with E-state index in [-0.39, 0.29) is 16.5 Å². The molecule has 0 spiro atoms. The smallest absolute Gasteiger partial charge is 0.416 e. The number of alkyl halides is 3. The van der Waals surface area contributed by atoms with E-state index in [1.165, 1.54) is 18.2 Å². The van der Waals surface area contributed by atoms with Crippen molar-refractivity contribution in [1.82, 2.24) is 5.32 Å². The summed E-state index contributed by atoms with van der Waals surface area (Å²) >= 11 is 0. The molecule has 0 fully saturated rings. The SMILES string of the molecule is COc1ccc([C@H](CC(C)C)NC(=O)CN(c2cccc(C(F)(F)F)c2)S(=O)(=O)c2ccc(C)cc2)cc1. The number of methoxy groups -OCH3 is 1. The standard InChI is InChI=1S/C28H31F3N2O4S/c1-19(2)16-26(21-10-12-24(37-4)13-11-21)32-27(34)18-33(23-7-5-6-22(17-23)28(29,30)31)38(35,36)25-14-8-20(3)9-15-25/h5-15,17,19,26H,16,18H2,1-4H3,(H,32,34)/t26-/m0/s1. The number of amides is 1. The van der Waals surface area contributed by atoms with Crippen LogP contribution in [0.25, 0.3) is 0 Å². The summed E-state index contributed by atoms with van der Waals surface area (Å²) in [6.45, 7) is 5.05. The van der Waals surface area contributed by atoms with Gasteiger partial charge in [0.25, 0.3) is 10.0 Å². The van der Waals surface area contributed by atoms with Crippen molar-refractivity contribution in [3.05, 3.63) is 89.5 Å². The average Bonchev–Trinajstić information content (AvgIpc) is 2.86. The maximum Gasteiger partial charge on any atom is 0.416 e. The third-order valence-electron chi connectivity index (χ3n) is 5.92. The second-order valence-corrected chi connectivity index (χ2v) is 11.3. The van der Waals surface area contributed by atoms with Gasteiger partial charge >= 0.3 is 6.18 Å². The van der Waals surface area contributed by atoms with Crippen LogP contribution in [0, 0.1) is 12.8 Å². The zero-order valence-electron chi connectivity index (χ0n) is 21.6. The van der Waals surface area contributed by atoms with Crippen molar-refractivity contribution in [2.75, 3.05) is 18.0 Å². The van der Waals surface area contributed by atoms with Crippen molar-refractivity contribution in [2.24, 2.45) is 5.92 Å². The van der Waals surface area contributed by atoms with Crippen LogP contribution in [-0.2, 0) is 21.0 Å². The van der Waals surface area contributed by atoms with E-state index in [4.69, 9.17) is 4.74 Å². The van der Waals surface area contributed by atoms with Crippen molar-refractivity contribution in [2.45, 2.75) is 44.3 Å². The first-order valence-corrected chi connectivity index (χ1v) is 13.4. The fourth-order valence-corrected chi connectivity index (χ4v) is 5.36. The molecule has 0 bridgehead atoms. The van der Waals surface area contributed by atoms with Crippen LogP contribution in [0.15, 0.2) is 77.7 Å². The predicted molar refractivity (Wildman–Crippen MR) is 140 cm³/mol. The second-order valence-electron chi connectivity index (χ2n) is 9.40. The fourth-order valence-electron chi connectivity index (χ4n) is 3.95. The van der Waals surface area contributed by atoms with E-state index in [9.17, 15) is 26.4 Å². The Balaban J connectivity index is 1.98. The van der Waals surface area contributed by atoms with Crippen LogP contribution < -0.4 is 14.4 Å². The number of hydrogen-bond acceptors (Lipinski definition) is 4. The van der Waals surface area contributed by atoms with Gasteiger partial charge in [-0.25, -0.2) is 8.42 Å². The van der Waals surface area contributed by atoms with Gasteiger partial charge in [-0.15, -0.1) is 0 Å². The van der Waals surface area contributed by atoms with Crippen molar-refractivity contribution >= 4 is 21.6 Å². The molecule has 1 amide bonds. The van der Waals surface area contributed by atoms with Gasteiger partial charge in [0, 0.05) is 0 Å². The predicted octanol–water partition coefficient (Wildman–Crippen LogP) is 6.12. The lowest BCUT2D eigenvalue weighted by molar-refractivity contribution is -0.137. The summed E-state index contributed by atoms with van der Waals surface area (Å²) in [6, 6.07) is 16.5. The molecular formula is C28H31F3N2O4S. The third-order valence-corrected chi connectivity index (χ3v) is 7.71. The van der Waals surface area contributed by atoms with Gasteiger partial charge in [-0.2, -0.15) is 13.2 Å². The molecule has 10 heteroatoms. The highest BCUT2D eigenvalue weighted by molar-refractivity contribution is 7.92. The van der Waals surface area contributed by atoms with E-state index < -0.39 is 40.3 Å². The summed E-state index contributed by atoms with van der Waals surface area (Å²) in [6.07, 6.45) is -4.12. The average molecular weight is 549 g/mol. The Labute approximate surface area is 221 Å². The topological polar surface area (TPSA) is 75.7 Å². The monoisotopic (exact) mass is 548 g/mol. The molecule has 0 unspecified atom stereocenters. The van der Waals surface area contributed by atoms with Gasteiger partial charge < -0.3 is 10.1 Å². The molecule has 0 aromatic heterocycles. The lowest BCUT2D eigenvalue weighted by Gasteiger charge is -2.27. The van der Waals surface area contributed by atoms with E-state index in [1.54, 1.807) is 50.4 Å². The number of hydrogen-bond donors (Lipinski definition) is 1. The lowest BCUT2D eigenvalue weighted by Crippen LogP contribution is -2.42. The Morgan fingerprint density at radius 2 is 1.63 bits per heavy atom. The van der Waals surface area contributed by atoms with E-state index in [2.05, 4.69) is 5.32 Å². The van der Waals surface area contributed by atoms with Gasteiger partial charge in [-0.1, -0.05) is 49.7 Å². The van der Waals surface area contributed by atoms with Crippen LogP contribution in [0.2, 0.25) is 0 Å². The first-order chi connectivity index (χ1) is 17.8. The van der Waals surface area contributed by atoms with Crippen LogP contribution in [-0.4, -0.2) is 28.0 Å². The van der Waals surface area contributed by atoms with E-state index in [1.807, 2.05) is 13.8 Å². The van der Waals surface area contributed by atoms with Gasteiger partial charge in [-0.3, -0.25) is 9.10 Å². The number of anilines is 1. The number of aryl methyl sites for hydroxylation is 1. The lowest BCUT2D eigenvalue weighted by atomic mass is 9.97. The molecule has 0 saturated heterocycles. The van der Waals surface area contributed by atoms with Crippen molar-refractivity contribution in [3.63, 3.8) is 0 Å². The molecule has 204 valence electrons. The minimum absolute atomic E-state index is 0.137. The van der Waals surface area contributed by atoms with Crippen LogP contribution in [0.1, 0.15) is 43.0 Å². The Hall–Kier alpha value is -3.53. The van der Waals surface area contributed by atoms with Crippen LogP contribution in [0.4, 0.5) is 18.9 Å². The first kappa shape index (κ1) is 29.0. The van der Waals surface area contributed by atoms with Gasteiger partial charge in [0.2, 0.25) is 5.91 Å². The summed E-state index contributed by atoms with van der Waals surface area (Å²) in [5, 5.41) is 2.87. The van der Waals surface area contributed by atoms with Crippen LogP contribution in [0.5, 0.6) is 5.75 Å². The first-order valence-electron chi connectivity index (χ1n) is 12.0. The molecule has 3 aromatic rings. The van der Waals surface area contributed by atoms with Crippen molar-refractivity contribution < 1.29 is 31.1 Å². The molecule has 0 saturated carbocycles. The van der Waals surface area contributed by atoms with Crippen molar-refractivity contribution in [3.8, 4) is 5.75 Å². The molecule has 6 nitrogen and oxygen atoms in total. The molecule has 0 heterocycles. The zero-order chi connectivity index (χ0) is 28.1. The number of benzene rings is 3. The Morgan fingerprint density at radius 3 is 2.18 bits per heavy atom. The number of carbonyl (C=O) groups is 1. The molecule has 3 aromatic carbocycles. The Bertz CT molecular complexity index is 1340. The Kier molecular flexibility index (Phi) is 9.09. The maximum absolute atomic E-state index is 13.6. The number of rotatable bonds is 10. The minimum Gasteiger partial charge on any atom is -0.497 e. The van der Waals surface area contributed by atoms with E-state index in [0.29, 0.717) is 16.5 Å². The summed E-state index contributed by atoms with van der Waals surface area (Å²) in [7, 11) is -2.83. The number of sulfonamides is 1. The number of nitrogens with zero attached hydrogens (tertiary/aromatic N) is 1. The molecule has 1 N–H and O–H groups in total. The quantitative estimate of drug-likeness (QED) is 0.331. The van der Waals surface area contributed by atoms with Gasteiger partial charge in [0.05, 0.1) is 29.3 Å². The fraction of sp³-hybridized carbons (Fsp3) is 0.321. The third kappa shape index (κ3) is 7.28. The minimum atomic E-state index is -4.69. The van der Waals surface area contributed by atoms with E-state index in [0.717, 1.165) is 29.3 Å². The second kappa shape index (κ2) is 11.9. The number of nitrogens with one attached hydrogen (secondary N) is 1. The van der Waals surface area contributed by atoms with Gasteiger partial charge in [0.15, 0.2) is 0 Å². The van der Waals surface area contributed by atoms with Gasteiger partial charge in [0.1, 0.15) is 12.3 Å². The normalized spacial score (nSPS) is 12.7.